The minimum Gasteiger partial charge on any atom is -0.207 e. The molecule has 0 nitrogen and oxygen atoms in total. The summed E-state index contributed by atoms with van der Waals surface area (Å²) in [6.07, 6.45) is 5.51. The lowest BCUT2D eigenvalue weighted by molar-refractivity contribution is -0.102. The predicted molar refractivity (Wildman–Crippen MR) is 48.9 cm³/mol. The second-order valence-electron chi connectivity index (χ2n) is 5.04. The Bertz CT molecular complexity index is 180. The van der Waals surface area contributed by atoms with Gasteiger partial charge in [0.15, 0.2) is 0 Å². The third kappa shape index (κ3) is 1.72. The van der Waals surface area contributed by atoms with E-state index in [0.29, 0.717) is 5.41 Å². The van der Waals surface area contributed by atoms with Gasteiger partial charge < -0.3 is 0 Å². The van der Waals surface area contributed by atoms with E-state index >= 15 is 0 Å². The molecule has 0 N–H and O–H groups in total. The van der Waals surface area contributed by atoms with Gasteiger partial charge in [-0.3, -0.25) is 0 Å². The van der Waals surface area contributed by atoms with Gasteiger partial charge in [0, 0.05) is 12.8 Å². The van der Waals surface area contributed by atoms with Crippen LogP contribution in [0.1, 0.15) is 51.9 Å². The molecular weight excluding hydrogens is 170 g/mol. The first-order chi connectivity index (χ1) is 6.05. The lowest BCUT2D eigenvalue weighted by Gasteiger charge is -2.51. The highest BCUT2D eigenvalue weighted by Crippen LogP contribution is 2.57. The van der Waals surface area contributed by atoms with E-state index in [1.807, 2.05) is 0 Å². The summed E-state index contributed by atoms with van der Waals surface area (Å²) in [4.78, 5) is 0. The summed E-state index contributed by atoms with van der Waals surface area (Å²) in [5.74, 6) is -1.51. The van der Waals surface area contributed by atoms with E-state index in [1.54, 1.807) is 0 Å². The summed E-state index contributed by atoms with van der Waals surface area (Å²) in [6.45, 7) is 2.20. The van der Waals surface area contributed by atoms with Crippen molar-refractivity contribution in [2.75, 3.05) is 0 Å². The van der Waals surface area contributed by atoms with Crippen molar-refractivity contribution in [3.8, 4) is 0 Å². The standard InChI is InChI=1S/C11H18F2/c1-2-9-7-10(8-9)3-5-11(12,13)6-4-10/h9H,2-8H2,1H3. The molecule has 0 aromatic heterocycles. The quantitative estimate of drug-likeness (QED) is 0.583. The third-order valence-corrected chi connectivity index (χ3v) is 4.06. The predicted octanol–water partition coefficient (Wildman–Crippen LogP) is 4.00. The van der Waals surface area contributed by atoms with Crippen molar-refractivity contribution in [2.24, 2.45) is 11.3 Å². The van der Waals surface area contributed by atoms with Crippen molar-refractivity contribution in [3.63, 3.8) is 0 Å². The smallest absolute Gasteiger partial charge is 0.207 e. The molecule has 0 amide bonds. The van der Waals surface area contributed by atoms with Crippen molar-refractivity contribution in [1.82, 2.24) is 0 Å². The Morgan fingerprint density at radius 3 is 2.08 bits per heavy atom. The van der Waals surface area contributed by atoms with Gasteiger partial charge >= 0.3 is 0 Å². The first-order valence-electron chi connectivity index (χ1n) is 5.43. The Labute approximate surface area is 78.7 Å². The van der Waals surface area contributed by atoms with E-state index < -0.39 is 5.92 Å². The molecule has 0 saturated heterocycles. The fourth-order valence-corrected chi connectivity index (χ4v) is 3.01. The summed E-state index contributed by atoms with van der Waals surface area (Å²) >= 11 is 0. The molecule has 0 aromatic carbocycles. The number of hydrogen-bond donors (Lipinski definition) is 0. The highest BCUT2D eigenvalue weighted by Gasteiger charge is 2.49. The van der Waals surface area contributed by atoms with Gasteiger partial charge in [0.05, 0.1) is 0 Å². The molecule has 76 valence electrons. The average molecular weight is 188 g/mol. The molecule has 0 aliphatic heterocycles. The Morgan fingerprint density at radius 2 is 1.62 bits per heavy atom. The Hall–Kier alpha value is -0.140. The maximum absolute atomic E-state index is 12.9. The lowest BCUT2D eigenvalue weighted by Crippen LogP contribution is -2.42. The second-order valence-corrected chi connectivity index (χ2v) is 5.04. The highest BCUT2D eigenvalue weighted by molar-refractivity contribution is 4.97. The summed E-state index contributed by atoms with van der Waals surface area (Å²) in [5, 5.41) is 0. The van der Waals surface area contributed by atoms with Crippen molar-refractivity contribution in [1.29, 1.82) is 0 Å². The van der Waals surface area contributed by atoms with Crippen molar-refractivity contribution in [2.45, 2.75) is 57.8 Å². The van der Waals surface area contributed by atoms with E-state index in [9.17, 15) is 8.78 Å². The van der Waals surface area contributed by atoms with Gasteiger partial charge in [-0.2, -0.15) is 0 Å². The van der Waals surface area contributed by atoms with Crippen molar-refractivity contribution >= 4 is 0 Å². The van der Waals surface area contributed by atoms with Gasteiger partial charge in [0.2, 0.25) is 5.92 Å². The van der Waals surface area contributed by atoms with Crippen LogP contribution >= 0.6 is 0 Å². The van der Waals surface area contributed by atoms with Gasteiger partial charge in [-0.25, -0.2) is 8.78 Å². The summed E-state index contributed by atoms with van der Waals surface area (Å²) in [7, 11) is 0. The molecule has 0 radical (unpaired) electrons. The zero-order chi connectivity index (χ0) is 9.53. The molecule has 1 spiro atoms. The molecule has 2 rings (SSSR count). The zero-order valence-electron chi connectivity index (χ0n) is 8.28. The van der Waals surface area contributed by atoms with E-state index in [1.165, 1.54) is 19.3 Å². The molecule has 0 atom stereocenters. The lowest BCUT2D eigenvalue weighted by atomic mass is 9.55. The van der Waals surface area contributed by atoms with Gasteiger partial charge in [0.1, 0.15) is 0 Å². The van der Waals surface area contributed by atoms with Crippen LogP contribution in [0.15, 0.2) is 0 Å². The molecule has 0 heterocycles. The van der Waals surface area contributed by atoms with Crippen LogP contribution in [-0.4, -0.2) is 5.92 Å². The molecule has 2 aliphatic carbocycles. The van der Waals surface area contributed by atoms with E-state index in [-0.39, 0.29) is 12.8 Å². The normalized spacial score (nSPS) is 31.6. The second kappa shape index (κ2) is 2.93. The number of rotatable bonds is 1. The van der Waals surface area contributed by atoms with Gasteiger partial charge in [-0.1, -0.05) is 13.3 Å². The number of alkyl halides is 2. The van der Waals surface area contributed by atoms with E-state index in [4.69, 9.17) is 0 Å². The highest BCUT2D eigenvalue weighted by atomic mass is 19.3. The average Bonchev–Trinajstić information content (AvgIpc) is 2.01. The molecule has 2 heteroatoms. The minimum atomic E-state index is -2.34. The van der Waals surface area contributed by atoms with Crippen LogP contribution in [0.4, 0.5) is 8.78 Å². The van der Waals surface area contributed by atoms with Crippen LogP contribution < -0.4 is 0 Å². The molecule has 2 fully saturated rings. The van der Waals surface area contributed by atoms with E-state index in [2.05, 4.69) is 6.92 Å². The maximum atomic E-state index is 12.9. The fraction of sp³-hybridized carbons (Fsp3) is 1.00. The molecule has 2 aliphatic rings. The first-order valence-corrected chi connectivity index (χ1v) is 5.43. The monoisotopic (exact) mass is 188 g/mol. The molecule has 0 bridgehead atoms. The van der Waals surface area contributed by atoms with Crippen LogP contribution in [0.3, 0.4) is 0 Å². The van der Waals surface area contributed by atoms with Crippen molar-refractivity contribution in [3.05, 3.63) is 0 Å². The third-order valence-electron chi connectivity index (χ3n) is 4.06. The van der Waals surface area contributed by atoms with Crippen LogP contribution in [-0.2, 0) is 0 Å². The summed E-state index contributed by atoms with van der Waals surface area (Å²) in [5.41, 5.74) is 0.350. The van der Waals surface area contributed by atoms with Gasteiger partial charge in [-0.15, -0.1) is 0 Å². The molecule has 0 unspecified atom stereocenters. The van der Waals surface area contributed by atoms with E-state index in [0.717, 1.165) is 18.8 Å². The largest absolute Gasteiger partial charge is 0.248 e. The molecule has 2 saturated carbocycles. The Kier molecular flexibility index (Phi) is 2.12. The SMILES string of the molecule is CCC1CC2(CCC(F)(F)CC2)C1. The number of halogens is 2. The molecule has 0 aromatic rings. The minimum absolute atomic E-state index is 0.142. The molecular formula is C11H18F2. The maximum Gasteiger partial charge on any atom is 0.248 e. The van der Waals surface area contributed by atoms with Crippen LogP contribution in [0.2, 0.25) is 0 Å². The van der Waals surface area contributed by atoms with Crippen molar-refractivity contribution < 1.29 is 8.78 Å². The Balaban J connectivity index is 1.86. The summed E-state index contributed by atoms with van der Waals surface area (Å²) in [6, 6.07) is 0. The fourth-order valence-electron chi connectivity index (χ4n) is 3.01. The van der Waals surface area contributed by atoms with Crippen LogP contribution in [0.25, 0.3) is 0 Å². The molecule has 13 heavy (non-hydrogen) atoms. The summed E-state index contributed by atoms with van der Waals surface area (Å²) < 4.78 is 25.8. The number of hydrogen-bond acceptors (Lipinski definition) is 0. The van der Waals surface area contributed by atoms with Crippen LogP contribution in [0.5, 0.6) is 0 Å². The van der Waals surface area contributed by atoms with Gasteiger partial charge in [-0.05, 0) is 37.0 Å². The Morgan fingerprint density at radius 1 is 1.08 bits per heavy atom. The topological polar surface area (TPSA) is 0 Å². The first kappa shape index (κ1) is 9.42. The van der Waals surface area contributed by atoms with Crippen LogP contribution in [0, 0.1) is 11.3 Å². The zero-order valence-corrected chi connectivity index (χ0v) is 8.28. The van der Waals surface area contributed by atoms with Gasteiger partial charge in [0.25, 0.3) is 0 Å².